The van der Waals surface area contributed by atoms with Crippen LogP contribution in [-0.2, 0) is 21.7 Å². The lowest BCUT2D eigenvalue weighted by Gasteiger charge is -2.42. The Labute approximate surface area is 207 Å². The number of aryl methyl sites for hydroxylation is 2. The fourth-order valence-electron chi connectivity index (χ4n) is 5.58. The van der Waals surface area contributed by atoms with E-state index in [0.29, 0.717) is 0 Å². The molecule has 0 radical (unpaired) electrons. The maximum absolute atomic E-state index is 14.5. The van der Waals surface area contributed by atoms with Crippen LogP contribution in [0.5, 0.6) is 0 Å². The second-order valence-electron chi connectivity index (χ2n) is 11.9. The summed E-state index contributed by atoms with van der Waals surface area (Å²) in [6.45, 7) is 15.9. The molecule has 1 aliphatic heterocycles. The molecule has 0 bridgehead atoms. The van der Waals surface area contributed by atoms with Gasteiger partial charge in [0.1, 0.15) is 10.5 Å². The predicted molar refractivity (Wildman–Crippen MR) is 138 cm³/mol. The second-order valence-corrected chi connectivity index (χ2v) is 13.8. The molecular formula is C27H39N3O3S. The highest BCUT2D eigenvalue weighted by atomic mass is 32.2. The molecule has 1 N–H and O–H groups in total. The molecule has 2 heterocycles. The first-order chi connectivity index (χ1) is 15.8. The monoisotopic (exact) mass is 485 g/mol. The van der Waals surface area contributed by atoms with Gasteiger partial charge in [0.15, 0.2) is 5.54 Å². The molecule has 6 nitrogen and oxygen atoms in total. The molecule has 0 spiro atoms. The van der Waals surface area contributed by atoms with Crippen molar-refractivity contribution in [2.24, 2.45) is 5.92 Å². The molecule has 2 atom stereocenters. The summed E-state index contributed by atoms with van der Waals surface area (Å²) < 4.78 is 22.0. The molecule has 186 valence electrons. The van der Waals surface area contributed by atoms with Crippen LogP contribution in [0.3, 0.4) is 0 Å². The summed E-state index contributed by atoms with van der Waals surface area (Å²) in [6.07, 6.45) is 5.22. The SMILES string of the molecule is Cc1noc(C)c1-c1ccc2c(c1)[C@@](N[S+]([O-])C(C)(C)C)(C1CCCCC1)C(=O)N2C(C)(C)C. The summed E-state index contributed by atoms with van der Waals surface area (Å²) in [4.78, 5) is 16.4. The van der Waals surface area contributed by atoms with Crippen molar-refractivity contribution >= 4 is 23.0 Å². The van der Waals surface area contributed by atoms with Gasteiger partial charge in [-0.05, 0) is 91.8 Å². The highest BCUT2D eigenvalue weighted by Crippen LogP contribution is 2.52. The third-order valence-corrected chi connectivity index (χ3v) is 8.84. The van der Waals surface area contributed by atoms with Crippen molar-refractivity contribution in [1.29, 1.82) is 0 Å². The van der Waals surface area contributed by atoms with Gasteiger partial charge >= 0.3 is 0 Å². The molecule has 2 aliphatic rings. The van der Waals surface area contributed by atoms with Crippen LogP contribution in [0.15, 0.2) is 22.7 Å². The molecule has 0 saturated heterocycles. The van der Waals surface area contributed by atoms with Gasteiger partial charge in [0.2, 0.25) is 0 Å². The molecule has 7 heteroatoms. The van der Waals surface area contributed by atoms with Gasteiger partial charge in [-0.1, -0.05) is 30.5 Å². The summed E-state index contributed by atoms with van der Waals surface area (Å²) in [6, 6.07) is 6.22. The Morgan fingerprint density at radius 3 is 2.29 bits per heavy atom. The quantitative estimate of drug-likeness (QED) is 0.543. The van der Waals surface area contributed by atoms with E-state index in [2.05, 4.69) is 42.8 Å². The van der Waals surface area contributed by atoms with Gasteiger partial charge < -0.3 is 14.0 Å². The minimum absolute atomic E-state index is 0.00964. The standard InChI is InChI=1S/C27H39N3O3S/c1-17-23(18(2)33-28-17)19-14-15-22-21(16-19)27(20-12-10-9-11-13-20,29-34(32)26(6,7)8)24(31)30(22)25(3,4)5/h14-16,20,29H,9-13H2,1-8H3/t27-,34?/m0/s1. The maximum Gasteiger partial charge on any atom is 0.257 e. The average molecular weight is 486 g/mol. The predicted octanol–water partition coefficient (Wildman–Crippen LogP) is 5.93. The van der Waals surface area contributed by atoms with Crippen LogP contribution in [0.25, 0.3) is 11.1 Å². The molecule has 1 amide bonds. The zero-order valence-corrected chi connectivity index (χ0v) is 22.7. The number of amides is 1. The number of carbonyl (C=O) groups excluding carboxylic acids is 1. The van der Waals surface area contributed by atoms with Crippen molar-refractivity contribution in [3.63, 3.8) is 0 Å². The molecule has 1 fully saturated rings. The average Bonchev–Trinajstić information content (AvgIpc) is 3.21. The van der Waals surface area contributed by atoms with E-state index in [1.54, 1.807) is 0 Å². The number of hydrogen-bond donors (Lipinski definition) is 1. The van der Waals surface area contributed by atoms with E-state index in [-0.39, 0.29) is 11.8 Å². The molecule has 1 aromatic heterocycles. The van der Waals surface area contributed by atoms with Gasteiger partial charge in [-0.25, -0.2) is 0 Å². The molecular weight excluding hydrogens is 446 g/mol. The Kier molecular flexibility index (Phi) is 6.45. The molecule has 34 heavy (non-hydrogen) atoms. The molecule has 1 aliphatic carbocycles. The second kappa shape index (κ2) is 8.68. The van der Waals surface area contributed by atoms with E-state index in [1.807, 2.05) is 45.6 Å². The zero-order valence-electron chi connectivity index (χ0n) is 21.9. The number of nitrogens with zero attached hydrogens (tertiary/aromatic N) is 2. The number of anilines is 1. The smallest absolute Gasteiger partial charge is 0.257 e. The van der Waals surface area contributed by atoms with Gasteiger partial charge in [-0.2, -0.15) is 0 Å². The van der Waals surface area contributed by atoms with Crippen LogP contribution in [-0.4, -0.2) is 25.9 Å². The van der Waals surface area contributed by atoms with Crippen molar-refractivity contribution in [2.75, 3.05) is 4.90 Å². The highest BCUT2D eigenvalue weighted by Gasteiger charge is 2.60. The van der Waals surface area contributed by atoms with Crippen molar-refractivity contribution in [1.82, 2.24) is 9.88 Å². The van der Waals surface area contributed by atoms with E-state index < -0.39 is 27.2 Å². The Balaban J connectivity index is 1.98. The lowest BCUT2D eigenvalue weighted by atomic mass is 9.71. The Morgan fingerprint density at radius 1 is 1.12 bits per heavy atom. The first-order valence-electron chi connectivity index (χ1n) is 12.4. The third-order valence-electron chi connectivity index (χ3n) is 7.22. The number of nitrogens with one attached hydrogen (secondary N) is 1. The highest BCUT2D eigenvalue weighted by molar-refractivity contribution is 7.90. The first-order valence-corrected chi connectivity index (χ1v) is 13.6. The third kappa shape index (κ3) is 4.10. The van der Waals surface area contributed by atoms with E-state index in [0.717, 1.165) is 59.5 Å². The van der Waals surface area contributed by atoms with Gasteiger partial charge in [-0.3, -0.25) is 4.79 Å². The van der Waals surface area contributed by atoms with E-state index in [9.17, 15) is 9.35 Å². The van der Waals surface area contributed by atoms with Crippen molar-refractivity contribution in [3.05, 3.63) is 35.2 Å². The zero-order chi connectivity index (χ0) is 25.1. The van der Waals surface area contributed by atoms with Crippen LogP contribution in [0.2, 0.25) is 0 Å². The van der Waals surface area contributed by atoms with Gasteiger partial charge in [0.25, 0.3) is 5.91 Å². The molecule has 4 rings (SSSR count). The summed E-state index contributed by atoms with van der Waals surface area (Å²) in [7, 11) is 0. The van der Waals surface area contributed by atoms with Crippen molar-refractivity contribution < 1.29 is 13.9 Å². The van der Waals surface area contributed by atoms with E-state index >= 15 is 0 Å². The topological polar surface area (TPSA) is 81.4 Å². The lowest BCUT2D eigenvalue weighted by molar-refractivity contribution is -0.127. The van der Waals surface area contributed by atoms with Crippen LogP contribution >= 0.6 is 0 Å². The molecule has 2 aromatic rings. The summed E-state index contributed by atoms with van der Waals surface area (Å²) >= 11 is -1.42. The fourth-order valence-corrected chi connectivity index (χ4v) is 6.54. The minimum atomic E-state index is -1.42. The van der Waals surface area contributed by atoms with Crippen LogP contribution in [0.1, 0.15) is 90.7 Å². The Bertz CT molecular complexity index is 1060. The molecule has 1 unspecified atom stereocenters. The summed E-state index contributed by atoms with van der Waals surface area (Å²) in [5.41, 5.74) is 3.13. The number of hydrogen-bond acceptors (Lipinski definition) is 5. The Hall–Kier alpha value is -1.83. The molecule has 1 aromatic carbocycles. The van der Waals surface area contributed by atoms with E-state index in [4.69, 9.17) is 4.52 Å². The summed E-state index contributed by atoms with van der Waals surface area (Å²) in [5, 5.41) is 4.15. The Morgan fingerprint density at radius 2 is 1.76 bits per heavy atom. The van der Waals surface area contributed by atoms with Crippen LogP contribution in [0.4, 0.5) is 5.69 Å². The van der Waals surface area contributed by atoms with Gasteiger partial charge in [0, 0.05) is 28.0 Å². The number of benzene rings is 1. The van der Waals surface area contributed by atoms with Crippen molar-refractivity contribution in [2.45, 2.75) is 103 Å². The van der Waals surface area contributed by atoms with Crippen LogP contribution < -0.4 is 9.62 Å². The number of fused-ring (bicyclic) bond motifs is 1. The molecule has 1 saturated carbocycles. The first kappa shape index (κ1) is 25.3. The maximum atomic E-state index is 14.5. The lowest BCUT2D eigenvalue weighted by Crippen LogP contribution is -2.62. The fraction of sp³-hybridized carbons (Fsp3) is 0.630. The normalized spacial score (nSPS) is 22.9. The summed E-state index contributed by atoms with van der Waals surface area (Å²) in [5.74, 6) is 0.838. The van der Waals surface area contributed by atoms with Gasteiger partial charge in [0.05, 0.1) is 11.4 Å². The number of rotatable bonds is 4. The minimum Gasteiger partial charge on any atom is -0.598 e. The van der Waals surface area contributed by atoms with E-state index in [1.165, 1.54) is 6.42 Å². The number of carbonyl (C=O) groups is 1. The number of aromatic nitrogens is 1. The largest absolute Gasteiger partial charge is 0.598 e. The van der Waals surface area contributed by atoms with Crippen molar-refractivity contribution in [3.8, 4) is 11.1 Å². The van der Waals surface area contributed by atoms with Gasteiger partial charge in [-0.15, -0.1) is 4.72 Å². The van der Waals surface area contributed by atoms with Crippen LogP contribution in [0, 0.1) is 19.8 Å².